The van der Waals surface area contributed by atoms with Crippen LogP contribution in [0.15, 0.2) is 0 Å². The molecule has 5 heteroatoms. The second-order valence-electron chi connectivity index (χ2n) is 4.11. The molecule has 1 saturated heterocycles. The molecule has 15 heavy (non-hydrogen) atoms. The van der Waals surface area contributed by atoms with Gasteiger partial charge < -0.3 is 5.32 Å². The summed E-state index contributed by atoms with van der Waals surface area (Å²) in [6, 6.07) is 0.283. The number of piperidine rings is 1. The molecule has 0 aromatic heterocycles. The molecule has 1 unspecified atom stereocenters. The quantitative estimate of drug-likeness (QED) is 0.786. The fraction of sp³-hybridized carbons (Fsp3) is 1.00. The van der Waals surface area contributed by atoms with E-state index in [1.165, 1.54) is 0 Å². The minimum absolute atomic E-state index is 0.149. The molecule has 90 valence electrons. The lowest BCUT2D eigenvalue weighted by Crippen LogP contribution is -2.45. The van der Waals surface area contributed by atoms with Gasteiger partial charge in [-0.1, -0.05) is 6.42 Å². The van der Waals surface area contributed by atoms with Gasteiger partial charge in [0, 0.05) is 19.1 Å². The Bertz CT molecular complexity index is 180. The number of likely N-dealkylation sites (N-methyl/N-ethyl adjacent to an activating group) is 1. The van der Waals surface area contributed by atoms with Crippen molar-refractivity contribution in [2.24, 2.45) is 0 Å². The van der Waals surface area contributed by atoms with E-state index in [0.717, 1.165) is 32.4 Å². The highest BCUT2D eigenvalue weighted by atomic mass is 19.4. The number of likely N-dealkylation sites (tertiary alicyclic amines) is 1. The molecule has 0 radical (unpaired) electrons. The van der Waals surface area contributed by atoms with Gasteiger partial charge in [0.05, 0.1) is 6.42 Å². The first-order chi connectivity index (χ1) is 7.03. The maximum Gasteiger partial charge on any atom is 0.390 e. The molecule has 1 heterocycles. The molecule has 0 saturated carbocycles. The minimum Gasteiger partial charge on any atom is -0.318 e. The van der Waals surface area contributed by atoms with Crippen molar-refractivity contribution in [3.05, 3.63) is 0 Å². The summed E-state index contributed by atoms with van der Waals surface area (Å²) in [5.41, 5.74) is 0. The van der Waals surface area contributed by atoms with Gasteiger partial charge in [0.1, 0.15) is 0 Å². The standard InChI is InChI=1S/C10H19F3N2/c1-14-8-9-4-2-3-6-15(9)7-5-10(11,12)13/h9,14H,2-8H2,1H3. The van der Waals surface area contributed by atoms with Crippen molar-refractivity contribution in [2.45, 2.75) is 37.9 Å². The van der Waals surface area contributed by atoms with Gasteiger partial charge in [-0.3, -0.25) is 4.90 Å². The predicted octanol–water partition coefficient (Wildman–Crippen LogP) is 2.01. The Morgan fingerprint density at radius 3 is 2.67 bits per heavy atom. The van der Waals surface area contributed by atoms with Crippen LogP contribution in [0.3, 0.4) is 0 Å². The molecule has 0 aromatic carbocycles. The Balaban J connectivity index is 2.35. The van der Waals surface area contributed by atoms with E-state index < -0.39 is 12.6 Å². The minimum atomic E-state index is -4.03. The molecule has 1 rings (SSSR count). The maximum absolute atomic E-state index is 12.1. The van der Waals surface area contributed by atoms with Crippen molar-refractivity contribution in [1.29, 1.82) is 0 Å². The molecule has 0 amide bonds. The average molecular weight is 224 g/mol. The molecule has 0 aromatic rings. The Kier molecular flexibility index (Phi) is 4.86. The van der Waals surface area contributed by atoms with Gasteiger partial charge in [-0.25, -0.2) is 0 Å². The highest BCUT2D eigenvalue weighted by molar-refractivity contribution is 4.78. The van der Waals surface area contributed by atoms with Crippen molar-refractivity contribution in [2.75, 3.05) is 26.7 Å². The Labute approximate surface area is 88.8 Å². The molecule has 1 aliphatic rings. The van der Waals surface area contributed by atoms with E-state index in [0.29, 0.717) is 0 Å². The predicted molar refractivity (Wildman–Crippen MR) is 53.8 cm³/mol. The second kappa shape index (κ2) is 5.70. The Morgan fingerprint density at radius 1 is 1.33 bits per heavy atom. The summed E-state index contributed by atoms with van der Waals surface area (Å²) in [7, 11) is 1.84. The van der Waals surface area contributed by atoms with Crippen LogP contribution in [0.25, 0.3) is 0 Å². The average Bonchev–Trinajstić information content (AvgIpc) is 2.16. The van der Waals surface area contributed by atoms with Crippen LogP contribution in [0.4, 0.5) is 13.2 Å². The fourth-order valence-electron chi connectivity index (χ4n) is 2.09. The lowest BCUT2D eigenvalue weighted by atomic mass is 10.0. The van der Waals surface area contributed by atoms with E-state index >= 15 is 0 Å². The molecular formula is C10H19F3N2. The number of hydrogen-bond acceptors (Lipinski definition) is 2. The summed E-state index contributed by atoms with van der Waals surface area (Å²) in [5.74, 6) is 0. The van der Waals surface area contributed by atoms with Crippen molar-refractivity contribution in [3.8, 4) is 0 Å². The number of rotatable bonds is 4. The van der Waals surface area contributed by atoms with Crippen LogP contribution in [0.1, 0.15) is 25.7 Å². The third-order valence-electron chi connectivity index (χ3n) is 2.87. The third-order valence-corrected chi connectivity index (χ3v) is 2.87. The molecule has 1 atom stereocenters. The molecule has 0 aliphatic carbocycles. The normalized spacial score (nSPS) is 24.4. The van der Waals surface area contributed by atoms with Gasteiger partial charge in [-0.15, -0.1) is 0 Å². The molecule has 0 spiro atoms. The van der Waals surface area contributed by atoms with Gasteiger partial charge >= 0.3 is 6.18 Å². The first kappa shape index (κ1) is 12.8. The van der Waals surface area contributed by atoms with Gasteiger partial charge in [0.2, 0.25) is 0 Å². The fourth-order valence-corrected chi connectivity index (χ4v) is 2.09. The third kappa shape index (κ3) is 4.84. The summed E-state index contributed by atoms with van der Waals surface area (Å²) < 4.78 is 36.2. The van der Waals surface area contributed by atoms with E-state index in [1.54, 1.807) is 0 Å². The van der Waals surface area contributed by atoms with Crippen molar-refractivity contribution in [1.82, 2.24) is 10.2 Å². The monoisotopic (exact) mass is 224 g/mol. The van der Waals surface area contributed by atoms with Crippen LogP contribution in [0, 0.1) is 0 Å². The van der Waals surface area contributed by atoms with Crippen LogP contribution in [-0.2, 0) is 0 Å². The topological polar surface area (TPSA) is 15.3 Å². The molecule has 0 bridgehead atoms. The van der Waals surface area contributed by atoms with E-state index in [-0.39, 0.29) is 12.6 Å². The maximum atomic E-state index is 12.1. The van der Waals surface area contributed by atoms with Crippen molar-refractivity contribution >= 4 is 0 Å². The van der Waals surface area contributed by atoms with Gasteiger partial charge in [0.15, 0.2) is 0 Å². The van der Waals surface area contributed by atoms with Gasteiger partial charge in [-0.05, 0) is 26.4 Å². The number of alkyl halides is 3. The van der Waals surface area contributed by atoms with Crippen LogP contribution in [-0.4, -0.2) is 43.8 Å². The summed E-state index contributed by atoms with van der Waals surface area (Å²) in [5, 5.41) is 3.04. The first-order valence-corrected chi connectivity index (χ1v) is 5.48. The summed E-state index contributed by atoms with van der Waals surface area (Å²) >= 11 is 0. The highest BCUT2D eigenvalue weighted by Gasteiger charge is 2.30. The molecule has 1 fully saturated rings. The van der Waals surface area contributed by atoms with Crippen LogP contribution < -0.4 is 5.32 Å². The zero-order valence-corrected chi connectivity index (χ0v) is 9.11. The van der Waals surface area contributed by atoms with E-state index in [9.17, 15) is 13.2 Å². The summed E-state index contributed by atoms with van der Waals surface area (Å²) in [6.07, 6.45) is -1.54. The number of nitrogens with zero attached hydrogens (tertiary/aromatic N) is 1. The molecule has 1 N–H and O–H groups in total. The van der Waals surface area contributed by atoms with Crippen molar-refractivity contribution in [3.63, 3.8) is 0 Å². The molecule has 2 nitrogen and oxygen atoms in total. The lowest BCUT2D eigenvalue weighted by molar-refractivity contribution is -0.139. The zero-order chi connectivity index (χ0) is 11.3. The SMILES string of the molecule is CNCC1CCCCN1CCC(F)(F)F. The van der Waals surface area contributed by atoms with Gasteiger partial charge in [0.25, 0.3) is 0 Å². The van der Waals surface area contributed by atoms with Gasteiger partial charge in [-0.2, -0.15) is 13.2 Å². The smallest absolute Gasteiger partial charge is 0.318 e. The van der Waals surface area contributed by atoms with E-state index in [1.807, 2.05) is 11.9 Å². The van der Waals surface area contributed by atoms with Crippen molar-refractivity contribution < 1.29 is 13.2 Å². The van der Waals surface area contributed by atoms with Crippen LogP contribution in [0.2, 0.25) is 0 Å². The molecule has 1 aliphatic heterocycles. The van der Waals surface area contributed by atoms with Crippen LogP contribution >= 0.6 is 0 Å². The lowest BCUT2D eigenvalue weighted by Gasteiger charge is -2.35. The second-order valence-corrected chi connectivity index (χ2v) is 4.11. The zero-order valence-electron chi connectivity index (χ0n) is 9.11. The summed E-state index contributed by atoms with van der Waals surface area (Å²) in [4.78, 5) is 1.97. The molecular weight excluding hydrogens is 205 g/mol. The Morgan fingerprint density at radius 2 is 2.07 bits per heavy atom. The number of halogens is 3. The Hall–Kier alpha value is -0.290. The largest absolute Gasteiger partial charge is 0.390 e. The number of nitrogens with one attached hydrogen (secondary N) is 1. The summed E-state index contributed by atoms with van der Waals surface area (Å²) in [6.45, 7) is 1.75. The van der Waals surface area contributed by atoms with E-state index in [2.05, 4.69) is 5.32 Å². The first-order valence-electron chi connectivity index (χ1n) is 5.48. The van der Waals surface area contributed by atoms with Crippen LogP contribution in [0.5, 0.6) is 0 Å². The number of hydrogen-bond donors (Lipinski definition) is 1. The van der Waals surface area contributed by atoms with E-state index in [4.69, 9.17) is 0 Å². The highest BCUT2D eigenvalue weighted by Crippen LogP contribution is 2.23.